The van der Waals surface area contributed by atoms with Gasteiger partial charge in [-0.2, -0.15) is 0 Å². The molecule has 0 aromatic carbocycles. The summed E-state index contributed by atoms with van der Waals surface area (Å²) in [5.41, 5.74) is 7.31. The van der Waals surface area contributed by atoms with Gasteiger partial charge in [-0.1, -0.05) is 0 Å². The first kappa shape index (κ1) is 12.8. The van der Waals surface area contributed by atoms with Gasteiger partial charge in [-0.05, 0) is 28.4 Å². The zero-order valence-corrected chi connectivity index (χ0v) is 10.9. The van der Waals surface area contributed by atoms with Crippen molar-refractivity contribution in [3.8, 4) is 0 Å². The fourth-order valence-corrected chi connectivity index (χ4v) is 1.61. The number of nitrogens with zero attached hydrogens (tertiary/aromatic N) is 1. The number of aromatic nitrogens is 1. The van der Waals surface area contributed by atoms with Crippen LogP contribution in [0.15, 0.2) is 10.7 Å². The molecule has 0 fully saturated rings. The normalized spacial score (nSPS) is 9.94. The number of anilines is 2. The fourth-order valence-electron chi connectivity index (χ4n) is 1.13. The topological polar surface area (TPSA) is 80.0 Å². The van der Waals surface area contributed by atoms with Gasteiger partial charge in [0.25, 0.3) is 0 Å². The molecule has 1 amide bonds. The van der Waals surface area contributed by atoms with Crippen LogP contribution in [0.2, 0.25) is 0 Å². The van der Waals surface area contributed by atoms with E-state index in [1.807, 2.05) is 6.92 Å². The first-order chi connectivity index (χ1) is 7.52. The van der Waals surface area contributed by atoms with Crippen molar-refractivity contribution in [2.24, 2.45) is 0 Å². The number of hydrogen-bond donors (Lipinski definition) is 3. The molecule has 0 aliphatic rings. The summed E-state index contributed by atoms with van der Waals surface area (Å²) in [4.78, 5) is 14.8. The summed E-state index contributed by atoms with van der Waals surface area (Å²) in [7, 11) is 0. The minimum absolute atomic E-state index is 0.0395. The van der Waals surface area contributed by atoms with E-state index in [1.54, 1.807) is 6.20 Å². The summed E-state index contributed by atoms with van der Waals surface area (Å²) in [6.07, 6.45) is 1.61. The molecule has 0 aliphatic heterocycles. The van der Waals surface area contributed by atoms with E-state index < -0.39 is 0 Å². The minimum Gasteiger partial charge on any atom is -0.397 e. The number of amides is 1. The molecule has 88 valence electrons. The quantitative estimate of drug-likeness (QED) is 0.729. The average Bonchev–Trinajstić information content (AvgIpc) is 2.23. The number of hydrogen-bond acceptors (Lipinski definition) is 4. The Morgan fingerprint density at radius 1 is 1.56 bits per heavy atom. The Bertz CT molecular complexity index is 395. The van der Waals surface area contributed by atoms with Crippen LogP contribution in [0, 0.1) is 6.92 Å². The van der Waals surface area contributed by atoms with E-state index in [1.165, 1.54) is 6.92 Å². The molecular formula is C10H15BrN4O. The van der Waals surface area contributed by atoms with Gasteiger partial charge in [0, 0.05) is 20.0 Å². The van der Waals surface area contributed by atoms with Crippen LogP contribution in [0.25, 0.3) is 0 Å². The lowest BCUT2D eigenvalue weighted by Crippen LogP contribution is -2.26. The lowest BCUT2D eigenvalue weighted by atomic mass is 10.2. The van der Waals surface area contributed by atoms with Crippen molar-refractivity contribution in [3.63, 3.8) is 0 Å². The third kappa shape index (κ3) is 3.37. The van der Waals surface area contributed by atoms with Crippen molar-refractivity contribution in [3.05, 3.63) is 16.2 Å². The second-order valence-corrected chi connectivity index (χ2v) is 4.20. The molecule has 4 N–H and O–H groups in total. The van der Waals surface area contributed by atoms with Crippen LogP contribution in [-0.2, 0) is 4.79 Å². The standard InChI is InChI=1S/C10H15BrN4O/c1-6-8(12)5-15-10(9(6)11)14-4-3-13-7(2)16/h5H,3-4,12H2,1-2H3,(H,13,16)(H,14,15). The first-order valence-electron chi connectivity index (χ1n) is 4.91. The van der Waals surface area contributed by atoms with Crippen LogP contribution >= 0.6 is 15.9 Å². The van der Waals surface area contributed by atoms with Crippen LogP contribution in [-0.4, -0.2) is 24.0 Å². The maximum Gasteiger partial charge on any atom is 0.216 e. The van der Waals surface area contributed by atoms with Crippen LogP contribution in [0.4, 0.5) is 11.5 Å². The van der Waals surface area contributed by atoms with Crippen LogP contribution in [0.5, 0.6) is 0 Å². The predicted octanol–water partition coefficient (Wildman–Crippen LogP) is 1.28. The molecule has 0 unspecified atom stereocenters. The Morgan fingerprint density at radius 2 is 2.25 bits per heavy atom. The van der Waals surface area contributed by atoms with Crippen molar-refractivity contribution >= 4 is 33.3 Å². The van der Waals surface area contributed by atoms with E-state index >= 15 is 0 Å². The van der Waals surface area contributed by atoms with Crippen LogP contribution < -0.4 is 16.4 Å². The van der Waals surface area contributed by atoms with Gasteiger partial charge in [-0.3, -0.25) is 4.79 Å². The molecule has 0 saturated carbocycles. The molecule has 5 nitrogen and oxygen atoms in total. The second kappa shape index (κ2) is 5.69. The minimum atomic E-state index is -0.0395. The lowest BCUT2D eigenvalue weighted by molar-refractivity contribution is -0.118. The van der Waals surface area contributed by atoms with E-state index in [4.69, 9.17) is 5.73 Å². The molecule has 0 spiro atoms. The highest BCUT2D eigenvalue weighted by Gasteiger charge is 2.06. The molecule has 1 aromatic rings. The smallest absolute Gasteiger partial charge is 0.216 e. The van der Waals surface area contributed by atoms with Crippen molar-refractivity contribution in [2.45, 2.75) is 13.8 Å². The summed E-state index contributed by atoms with van der Waals surface area (Å²) in [6, 6.07) is 0. The van der Waals surface area contributed by atoms with Crippen LogP contribution in [0.1, 0.15) is 12.5 Å². The van der Waals surface area contributed by atoms with Crippen molar-refractivity contribution in [2.75, 3.05) is 24.1 Å². The number of nitrogen functional groups attached to an aromatic ring is 1. The number of rotatable bonds is 4. The molecule has 0 bridgehead atoms. The molecule has 1 heterocycles. The first-order valence-corrected chi connectivity index (χ1v) is 5.70. The van der Waals surface area contributed by atoms with Crippen LogP contribution in [0.3, 0.4) is 0 Å². The van der Waals surface area contributed by atoms with Crippen molar-refractivity contribution in [1.82, 2.24) is 10.3 Å². The van der Waals surface area contributed by atoms with Gasteiger partial charge < -0.3 is 16.4 Å². The third-order valence-electron chi connectivity index (χ3n) is 2.09. The summed E-state index contributed by atoms with van der Waals surface area (Å²) < 4.78 is 0.857. The maximum atomic E-state index is 10.6. The zero-order valence-electron chi connectivity index (χ0n) is 9.30. The monoisotopic (exact) mass is 286 g/mol. The summed E-state index contributed by atoms with van der Waals surface area (Å²) in [6.45, 7) is 4.59. The van der Waals surface area contributed by atoms with E-state index in [-0.39, 0.29) is 5.91 Å². The largest absolute Gasteiger partial charge is 0.397 e. The fraction of sp³-hybridized carbons (Fsp3) is 0.400. The average molecular weight is 287 g/mol. The van der Waals surface area contributed by atoms with E-state index in [0.717, 1.165) is 15.9 Å². The molecular weight excluding hydrogens is 272 g/mol. The molecule has 16 heavy (non-hydrogen) atoms. The summed E-state index contributed by atoms with van der Waals surface area (Å²) in [5.74, 6) is 0.694. The SMILES string of the molecule is CC(=O)NCCNc1ncc(N)c(C)c1Br. The number of pyridine rings is 1. The van der Waals surface area contributed by atoms with Crippen molar-refractivity contribution < 1.29 is 4.79 Å². The molecule has 0 saturated heterocycles. The summed E-state index contributed by atoms with van der Waals surface area (Å²) >= 11 is 3.42. The molecule has 0 aliphatic carbocycles. The lowest BCUT2D eigenvalue weighted by Gasteiger charge is -2.10. The molecule has 1 rings (SSSR count). The number of carbonyl (C=O) groups is 1. The number of carbonyl (C=O) groups excluding carboxylic acids is 1. The molecule has 0 atom stereocenters. The number of halogens is 1. The van der Waals surface area contributed by atoms with Gasteiger partial charge >= 0.3 is 0 Å². The number of nitrogens with one attached hydrogen (secondary N) is 2. The second-order valence-electron chi connectivity index (χ2n) is 3.41. The Balaban J connectivity index is 2.55. The Labute approximate surface area is 103 Å². The Kier molecular flexibility index (Phi) is 4.54. The van der Waals surface area contributed by atoms with Gasteiger partial charge in [-0.15, -0.1) is 0 Å². The highest BCUT2D eigenvalue weighted by molar-refractivity contribution is 9.10. The van der Waals surface area contributed by atoms with Gasteiger partial charge in [0.1, 0.15) is 5.82 Å². The van der Waals surface area contributed by atoms with Gasteiger partial charge in [-0.25, -0.2) is 4.98 Å². The molecule has 1 aromatic heterocycles. The van der Waals surface area contributed by atoms with E-state index in [2.05, 4.69) is 31.5 Å². The van der Waals surface area contributed by atoms with E-state index in [0.29, 0.717) is 18.8 Å². The maximum absolute atomic E-state index is 10.6. The van der Waals surface area contributed by atoms with Crippen molar-refractivity contribution in [1.29, 1.82) is 0 Å². The molecule has 6 heteroatoms. The third-order valence-corrected chi connectivity index (χ3v) is 3.06. The van der Waals surface area contributed by atoms with Gasteiger partial charge in [0.05, 0.1) is 16.4 Å². The van der Waals surface area contributed by atoms with Gasteiger partial charge in [0.2, 0.25) is 5.91 Å². The number of nitrogens with two attached hydrogens (primary N) is 1. The van der Waals surface area contributed by atoms with Gasteiger partial charge in [0.15, 0.2) is 0 Å². The highest BCUT2D eigenvalue weighted by atomic mass is 79.9. The Hall–Kier alpha value is -1.30. The zero-order chi connectivity index (χ0) is 12.1. The highest BCUT2D eigenvalue weighted by Crippen LogP contribution is 2.27. The van der Waals surface area contributed by atoms with E-state index in [9.17, 15) is 4.79 Å². The predicted molar refractivity (Wildman–Crippen MR) is 68.3 cm³/mol. The molecule has 0 radical (unpaired) electrons. The Morgan fingerprint density at radius 3 is 2.88 bits per heavy atom. The summed E-state index contributed by atoms with van der Waals surface area (Å²) in [5, 5.41) is 5.80.